The fraction of sp³-hybridized carbons (Fsp3) is 0.438. The third-order valence-electron chi connectivity index (χ3n) is 4.26. The van der Waals surface area contributed by atoms with Crippen LogP contribution in [0.5, 0.6) is 0 Å². The van der Waals surface area contributed by atoms with Gasteiger partial charge in [0.25, 0.3) is 0 Å². The van der Waals surface area contributed by atoms with Crippen LogP contribution in [-0.2, 0) is 4.79 Å². The van der Waals surface area contributed by atoms with Crippen molar-refractivity contribution in [2.45, 2.75) is 33.1 Å². The number of hydrogen-bond donors (Lipinski definition) is 1. The summed E-state index contributed by atoms with van der Waals surface area (Å²) in [5.74, 6) is -0.350. The van der Waals surface area contributed by atoms with E-state index < -0.39 is 11.4 Å². The van der Waals surface area contributed by atoms with Gasteiger partial charge < -0.3 is 5.11 Å². The highest BCUT2D eigenvalue weighted by Crippen LogP contribution is 2.48. The minimum atomic E-state index is -0.802. The number of hydrogen-bond acceptors (Lipinski definition) is 1. The lowest BCUT2D eigenvalue weighted by molar-refractivity contribution is -0.147. The topological polar surface area (TPSA) is 37.3 Å². The molecule has 0 amide bonds. The Morgan fingerprint density at radius 2 is 2.11 bits per heavy atom. The van der Waals surface area contributed by atoms with E-state index in [0.717, 1.165) is 12.0 Å². The maximum atomic E-state index is 11.7. The van der Waals surface area contributed by atoms with Crippen LogP contribution in [0, 0.1) is 11.3 Å². The van der Waals surface area contributed by atoms with Gasteiger partial charge in [-0.15, -0.1) is 0 Å². The molecule has 1 aliphatic rings. The van der Waals surface area contributed by atoms with Crippen molar-refractivity contribution in [2.75, 3.05) is 0 Å². The zero-order valence-electron chi connectivity index (χ0n) is 11.2. The number of benzene rings is 1. The van der Waals surface area contributed by atoms with Crippen molar-refractivity contribution in [1.82, 2.24) is 0 Å². The largest absolute Gasteiger partial charge is 0.481 e. The van der Waals surface area contributed by atoms with Crippen LogP contribution in [0.3, 0.4) is 0 Å². The maximum absolute atomic E-state index is 11.7. The van der Waals surface area contributed by atoms with Gasteiger partial charge in [-0.05, 0) is 24.0 Å². The SMILES string of the molecule is CC[C@@H](C)[C@@H]1c2ccccc2C=C[C@@]1(C)C(=O)O. The van der Waals surface area contributed by atoms with Gasteiger partial charge in [-0.25, -0.2) is 0 Å². The first-order chi connectivity index (χ1) is 8.50. The van der Waals surface area contributed by atoms with E-state index in [1.807, 2.05) is 31.2 Å². The Hall–Kier alpha value is -1.57. The fourth-order valence-corrected chi connectivity index (χ4v) is 2.97. The molecule has 96 valence electrons. The van der Waals surface area contributed by atoms with E-state index in [9.17, 15) is 9.90 Å². The zero-order valence-corrected chi connectivity index (χ0v) is 11.2. The Kier molecular flexibility index (Phi) is 3.29. The smallest absolute Gasteiger partial charge is 0.313 e. The molecule has 2 nitrogen and oxygen atoms in total. The molecule has 1 aromatic rings. The Morgan fingerprint density at radius 3 is 2.72 bits per heavy atom. The molecule has 1 aliphatic carbocycles. The van der Waals surface area contributed by atoms with Crippen LogP contribution in [-0.4, -0.2) is 11.1 Å². The third-order valence-corrected chi connectivity index (χ3v) is 4.26. The number of carboxylic acid groups (broad SMARTS) is 1. The third kappa shape index (κ3) is 1.86. The van der Waals surface area contributed by atoms with E-state index in [-0.39, 0.29) is 5.92 Å². The molecule has 0 heterocycles. The highest BCUT2D eigenvalue weighted by molar-refractivity contribution is 5.82. The van der Waals surface area contributed by atoms with Gasteiger partial charge in [0.05, 0.1) is 5.41 Å². The molecule has 2 rings (SSSR count). The number of rotatable bonds is 3. The maximum Gasteiger partial charge on any atom is 0.313 e. The highest BCUT2D eigenvalue weighted by atomic mass is 16.4. The molecular formula is C16H20O2. The van der Waals surface area contributed by atoms with Gasteiger partial charge in [0.2, 0.25) is 0 Å². The number of carboxylic acids is 1. The molecule has 0 aromatic heterocycles. The molecule has 0 spiro atoms. The summed E-state index contributed by atoms with van der Waals surface area (Å²) in [6, 6.07) is 8.12. The molecule has 0 saturated heterocycles. The lowest BCUT2D eigenvalue weighted by Gasteiger charge is -2.39. The Labute approximate surface area is 108 Å². The lowest BCUT2D eigenvalue weighted by Crippen LogP contribution is -2.37. The second-order valence-electron chi connectivity index (χ2n) is 5.41. The molecule has 0 fully saturated rings. The Bertz CT molecular complexity index is 490. The first kappa shape index (κ1) is 12.9. The molecule has 0 bridgehead atoms. The normalized spacial score (nSPS) is 27.6. The minimum absolute atomic E-state index is 0.0428. The number of aliphatic carboxylic acids is 1. The van der Waals surface area contributed by atoms with Crippen LogP contribution in [0.2, 0.25) is 0 Å². The molecule has 3 atom stereocenters. The van der Waals surface area contributed by atoms with E-state index in [1.165, 1.54) is 5.56 Å². The second kappa shape index (κ2) is 4.60. The van der Waals surface area contributed by atoms with Crippen molar-refractivity contribution in [3.8, 4) is 0 Å². The zero-order chi connectivity index (χ0) is 13.3. The van der Waals surface area contributed by atoms with Crippen LogP contribution >= 0.6 is 0 Å². The summed E-state index contributed by atoms with van der Waals surface area (Å²) in [7, 11) is 0. The van der Waals surface area contributed by atoms with E-state index in [2.05, 4.69) is 26.0 Å². The molecule has 0 radical (unpaired) electrons. The first-order valence-corrected chi connectivity index (χ1v) is 6.52. The summed E-state index contributed by atoms with van der Waals surface area (Å²) >= 11 is 0. The predicted octanol–water partition coefficient (Wildman–Crippen LogP) is 3.93. The second-order valence-corrected chi connectivity index (χ2v) is 5.41. The molecule has 18 heavy (non-hydrogen) atoms. The van der Waals surface area contributed by atoms with Gasteiger partial charge in [-0.3, -0.25) is 4.79 Å². The van der Waals surface area contributed by atoms with Gasteiger partial charge in [-0.1, -0.05) is 56.7 Å². The fourth-order valence-electron chi connectivity index (χ4n) is 2.97. The molecular weight excluding hydrogens is 224 g/mol. The summed E-state index contributed by atoms with van der Waals surface area (Å²) < 4.78 is 0. The number of fused-ring (bicyclic) bond motifs is 1. The molecule has 1 N–H and O–H groups in total. The van der Waals surface area contributed by atoms with E-state index in [4.69, 9.17) is 0 Å². The van der Waals surface area contributed by atoms with Crippen molar-refractivity contribution in [3.05, 3.63) is 41.5 Å². The van der Waals surface area contributed by atoms with E-state index in [1.54, 1.807) is 0 Å². The summed E-state index contributed by atoms with van der Waals surface area (Å²) in [4.78, 5) is 11.7. The van der Waals surface area contributed by atoms with Crippen molar-refractivity contribution in [2.24, 2.45) is 11.3 Å². The average Bonchev–Trinajstić information content (AvgIpc) is 2.37. The van der Waals surface area contributed by atoms with Gasteiger partial charge in [0, 0.05) is 5.92 Å². The molecule has 1 aromatic carbocycles. The minimum Gasteiger partial charge on any atom is -0.481 e. The molecule has 0 saturated carbocycles. The van der Waals surface area contributed by atoms with E-state index >= 15 is 0 Å². The summed E-state index contributed by atoms with van der Waals surface area (Å²) in [5.41, 5.74) is 1.52. The molecule has 0 unspecified atom stereocenters. The monoisotopic (exact) mass is 244 g/mol. The van der Waals surface area contributed by atoms with Crippen LogP contribution in [0.4, 0.5) is 0 Å². The van der Waals surface area contributed by atoms with Gasteiger partial charge in [-0.2, -0.15) is 0 Å². The van der Waals surface area contributed by atoms with Crippen LogP contribution in [0.15, 0.2) is 30.3 Å². The molecule has 0 aliphatic heterocycles. The summed E-state index contributed by atoms with van der Waals surface area (Å²) in [6.07, 6.45) is 4.78. The van der Waals surface area contributed by atoms with Crippen molar-refractivity contribution in [3.63, 3.8) is 0 Å². The summed E-state index contributed by atoms with van der Waals surface area (Å²) in [5, 5.41) is 9.59. The Morgan fingerprint density at radius 1 is 1.44 bits per heavy atom. The number of carbonyl (C=O) groups is 1. The van der Waals surface area contributed by atoms with Crippen LogP contribution < -0.4 is 0 Å². The van der Waals surface area contributed by atoms with Gasteiger partial charge in [0.15, 0.2) is 0 Å². The van der Waals surface area contributed by atoms with Crippen molar-refractivity contribution >= 4 is 12.0 Å². The van der Waals surface area contributed by atoms with Crippen LogP contribution in [0.25, 0.3) is 6.08 Å². The van der Waals surface area contributed by atoms with Gasteiger partial charge in [0.1, 0.15) is 0 Å². The highest BCUT2D eigenvalue weighted by Gasteiger charge is 2.44. The predicted molar refractivity (Wildman–Crippen MR) is 73.4 cm³/mol. The first-order valence-electron chi connectivity index (χ1n) is 6.52. The molecule has 2 heteroatoms. The average molecular weight is 244 g/mol. The van der Waals surface area contributed by atoms with Gasteiger partial charge >= 0.3 is 5.97 Å². The van der Waals surface area contributed by atoms with Crippen LogP contribution in [0.1, 0.15) is 44.2 Å². The van der Waals surface area contributed by atoms with E-state index in [0.29, 0.717) is 5.92 Å². The quantitative estimate of drug-likeness (QED) is 0.874. The lowest BCUT2D eigenvalue weighted by atomic mass is 9.63. The Balaban J connectivity index is 2.59. The standard InChI is InChI=1S/C16H20O2/c1-4-11(2)14-13-8-6-5-7-12(13)9-10-16(14,3)15(17)18/h5-11,14H,4H2,1-3H3,(H,17,18)/t11-,14-,16-/m1/s1. The summed E-state index contributed by atoms with van der Waals surface area (Å²) in [6.45, 7) is 6.09. The van der Waals surface area contributed by atoms with Crippen molar-refractivity contribution in [1.29, 1.82) is 0 Å². The van der Waals surface area contributed by atoms with Crippen molar-refractivity contribution < 1.29 is 9.90 Å².